The van der Waals surface area contributed by atoms with Gasteiger partial charge in [-0.2, -0.15) is 0 Å². The zero-order valence-electron chi connectivity index (χ0n) is 12.6. The Bertz CT molecular complexity index is 628. The van der Waals surface area contributed by atoms with Gasteiger partial charge in [-0.1, -0.05) is 18.5 Å². The van der Waals surface area contributed by atoms with Crippen LogP contribution in [0.1, 0.15) is 19.2 Å². The van der Waals surface area contributed by atoms with Gasteiger partial charge in [-0.15, -0.1) is 5.10 Å². The first-order chi connectivity index (χ1) is 11.1. The van der Waals surface area contributed by atoms with Crippen molar-refractivity contribution in [2.24, 2.45) is 0 Å². The van der Waals surface area contributed by atoms with Gasteiger partial charge >= 0.3 is 0 Å². The topological polar surface area (TPSA) is 102 Å². The molecule has 23 heavy (non-hydrogen) atoms. The van der Waals surface area contributed by atoms with E-state index in [0.717, 1.165) is 0 Å². The van der Waals surface area contributed by atoms with Gasteiger partial charge in [0.2, 0.25) is 5.91 Å². The van der Waals surface area contributed by atoms with Gasteiger partial charge in [0.05, 0.1) is 12.6 Å². The molecule has 0 radical (unpaired) electrons. The fourth-order valence-electron chi connectivity index (χ4n) is 1.81. The highest BCUT2D eigenvalue weighted by atomic mass is 35.5. The van der Waals surface area contributed by atoms with Crippen molar-refractivity contribution < 1.29 is 14.6 Å². The van der Waals surface area contributed by atoms with Crippen LogP contribution in [0.5, 0.6) is 5.75 Å². The lowest BCUT2D eigenvalue weighted by atomic mass is 10.2. The van der Waals surface area contributed by atoms with E-state index in [9.17, 15) is 4.79 Å². The van der Waals surface area contributed by atoms with Crippen molar-refractivity contribution in [1.29, 1.82) is 0 Å². The van der Waals surface area contributed by atoms with Crippen LogP contribution in [0.25, 0.3) is 0 Å². The summed E-state index contributed by atoms with van der Waals surface area (Å²) < 4.78 is 6.91. The third-order valence-corrected chi connectivity index (χ3v) is 3.41. The number of aliphatic hydroxyl groups excluding tert-OH is 1. The van der Waals surface area contributed by atoms with E-state index < -0.39 is 0 Å². The lowest BCUT2D eigenvalue weighted by Crippen LogP contribution is -2.39. The molecule has 1 aromatic heterocycles. The van der Waals surface area contributed by atoms with Gasteiger partial charge < -0.3 is 15.2 Å². The highest BCUT2D eigenvalue weighted by Crippen LogP contribution is 2.16. The molecule has 2 aromatic rings. The number of amides is 1. The number of carbonyl (C=O) groups is 1. The maximum Gasteiger partial charge on any atom is 0.242 e. The van der Waals surface area contributed by atoms with Gasteiger partial charge in [0.25, 0.3) is 0 Å². The fraction of sp³-hybridized carbons (Fsp3) is 0.429. The second-order valence-electron chi connectivity index (χ2n) is 4.85. The van der Waals surface area contributed by atoms with Crippen LogP contribution >= 0.6 is 11.6 Å². The minimum atomic E-state index is -0.272. The first kappa shape index (κ1) is 17.2. The van der Waals surface area contributed by atoms with Crippen LogP contribution in [0, 0.1) is 0 Å². The number of hydrogen-bond acceptors (Lipinski definition) is 6. The van der Waals surface area contributed by atoms with Crippen molar-refractivity contribution in [3.8, 4) is 5.75 Å². The number of hydrogen-bond donors (Lipinski definition) is 2. The largest absolute Gasteiger partial charge is 0.486 e. The first-order valence-electron chi connectivity index (χ1n) is 7.16. The zero-order chi connectivity index (χ0) is 16.7. The van der Waals surface area contributed by atoms with E-state index >= 15 is 0 Å². The molecule has 1 aromatic carbocycles. The molecule has 0 bridgehead atoms. The van der Waals surface area contributed by atoms with E-state index in [2.05, 4.69) is 20.8 Å². The monoisotopic (exact) mass is 339 g/mol. The van der Waals surface area contributed by atoms with E-state index in [0.29, 0.717) is 23.0 Å². The molecule has 0 spiro atoms. The molecule has 9 heteroatoms. The molecule has 0 fully saturated rings. The van der Waals surface area contributed by atoms with Crippen LogP contribution < -0.4 is 10.1 Å². The Labute approximate surface area is 138 Å². The van der Waals surface area contributed by atoms with Crippen molar-refractivity contribution >= 4 is 17.5 Å². The Morgan fingerprint density at radius 2 is 2.17 bits per heavy atom. The number of halogens is 1. The number of nitrogens with one attached hydrogen (secondary N) is 1. The summed E-state index contributed by atoms with van der Waals surface area (Å²) in [5.74, 6) is 0.776. The molecular formula is C14H18ClN5O3. The third kappa shape index (κ3) is 5.19. The van der Waals surface area contributed by atoms with Crippen LogP contribution in [0.2, 0.25) is 5.02 Å². The molecule has 2 rings (SSSR count). The normalized spacial score (nSPS) is 12.0. The second kappa shape index (κ2) is 8.44. The Balaban J connectivity index is 1.91. The summed E-state index contributed by atoms with van der Waals surface area (Å²) in [6, 6.07) is 6.62. The van der Waals surface area contributed by atoms with Gasteiger partial charge in [-0.3, -0.25) is 4.79 Å². The third-order valence-electron chi connectivity index (χ3n) is 3.16. The number of tetrazole rings is 1. The standard InChI is InChI=1S/C14H18ClN5O3/c1-2-11(8-21)16-14(22)7-20-13(17-18-19-20)9-23-12-5-3-10(15)4-6-12/h3-6,11,21H,2,7-9H2,1H3,(H,16,22). The molecule has 0 aliphatic rings. The van der Waals surface area contributed by atoms with Crippen molar-refractivity contribution in [1.82, 2.24) is 25.5 Å². The smallest absolute Gasteiger partial charge is 0.242 e. The van der Waals surface area contributed by atoms with Gasteiger partial charge in [-0.25, -0.2) is 4.68 Å². The summed E-state index contributed by atoms with van der Waals surface area (Å²) in [5.41, 5.74) is 0. The summed E-state index contributed by atoms with van der Waals surface area (Å²) in [6.45, 7) is 1.86. The molecule has 2 N–H and O–H groups in total. The van der Waals surface area contributed by atoms with Crippen molar-refractivity contribution in [3.05, 3.63) is 35.1 Å². The van der Waals surface area contributed by atoms with E-state index in [1.807, 2.05) is 6.92 Å². The van der Waals surface area contributed by atoms with Gasteiger partial charge in [0, 0.05) is 5.02 Å². The lowest BCUT2D eigenvalue weighted by Gasteiger charge is -2.14. The van der Waals surface area contributed by atoms with Gasteiger partial charge in [0.1, 0.15) is 18.9 Å². The zero-order valence-corrected chi connectivity index (χ0v) is 13.4. The second-order valence-corrected chi connectivity index (χ2v) is 5.29. The molecule has 0 saturated heterocycles. The van der Waals surface area contributed by atoms with Crippen LogP contribution in [0.15, 0.2) is 24.3 Å². The Kier molecular flexibility index (Phi) is 6.30. The SMILES string of the molecule is CCC(CO)NC(=O)Cn1nnnc1COc1ccc(Cl)cc1. The lowest BCUT2D eigenvalue weighted by molar-refractivity contribution is -0.123. The van der Waals surface area contributed by atoms with E-state index in [-0.39, 0.29) is 31.7 Å². The van der Waals surface area contributed by atoms with E-state index in [1.165, 1.54) is 4.68 Å². The Hall–Kier alpha value is -2.19. The highest BCUT2D eigenvalue weighted by molar-refractivity contribution is 6.30. The molecule has 1 atom stereocenters. The fourth-order valence-corrected chi connectivity index (χ4v) is 1.94. The summed E-state index contributed by atoms with van der Waals surface area (Å²) in [7, 11) is 0. The van der Waals surface area contributed by atoms with E-state index in [4.69, 9.17) is 21.4 Å². The summed E-state index contributed by atoms with van der Waals surface area (Å²) in [4.78, 5) is 11.9. The van der Waals surface area contributed by atoms with Crippen molar-refractivity contribution in [2.45, 2.75) is 32.5 Å². The van der Waals surface area contributed by atoms with Gasteiger partial charge in [-0.05, 0) is 41.1 Å². The van der Waals surface area contributed by atoms with Crippen LogP contribution in [-0.2, 0) is 17.9 Å². The number of aromatic nitrogens is 4. The summed E-state index contributed by atoms with van der Waals surface area (Å²) >= 11 is 5.80. The highest BCUT2D eigenvalue weighted by Gasteiger charge is 2.14. The first-order valence-corrected chi connectivity index (χ1v) is 7.53. The minimum Gasteiger partial charge on any atom is -0.486 e. The van der Waals surface area contributed by atoms with Crippen LogP contribution in [-0.4, -0.2) is 43.9 Å². The van der Waals surface area contributed by atoms with Crippen LogP contribution in [0.3, 0.4) is 0 Å². The number of nitrogens with zero attached hydrogens (tertiary/aromatic N) is 4. The Morgan fingerprint density at radius 3 is 2.83 bits per heavy atom. The quantitative estimate of drug-likeness (QED) is 0.737. The Morgan fingerprint density at radius 1 is 1.43 bits per heavy atom. The van der Waals surface area contributed by atoms with Gasteiger partial charge in [0.15, 0.2) is 5.82 Å². The van der Waals surface area contributed by atoms with Crippen molar-refractivity contribution in [3.63, 3.8) is 0 Å². The molecule has 1 heterocycles. The molecule has 1 amide bonds. The predicted molar refractivity (Wildman–Crippen MR) is 82.9 cm³/mol. The summed E-state index contributed by atoms with van der Waals surface area (Å²) in [5, 5.41) is 23.6. The van der Waals surface area contributed by atoms with Crippen molar-refractivity contribution in [2.75, 3.05) is 6.61 Å². The average molecular weight is 340 g/mol. The molecule has 0 saturated carbocycles. The molecule has 8 nitrogen and oxygen atoms in total. The molecule has 0 aliphatic heterocycles. The summed E-state index contributed by atoms with van der Waals surface area (Å²) in [6.07, 6.45) is 0.643. The van der Waals surface area contributed by atoms with Crippen LogP contribution in [0.4, 0.5) is 0 Å². The number of aliphatic hydroxyl groups is 1. The number of benzene rings is 1. The number of ether oxygens (including phenoxy) is 1. The minimum absolute atomic E-state index is 0.0389. The molecule has 124 valence electrons. The maximum absolute atomic E-state index is 11.9. The predicted octanol–water partition coefficient (Wildman–Crippen LogP) is 0.793. The van der Waals surface area contributed by atoms with E-state index in [1.54, 1.807) is 24.3 Å². The molecule has 1 unspecified atom stereocenters. The average Bonchev–Trinajstić information content (AvgIpc) is 2.99. The molecule has 0 aliphatic carbocycles. The number of carbonyl (C=O) groups excluding carboxylic acids is 1. The molecular weight excluding hydrogens is 322 g/mol. The maximum atomic E-state index is 11.9. The number of rotatable bonds is 8.